The smallest absolute Gasteiger partial charge is 0.317 e. The molecule has 0 bridgehead atoms. The molecule has 1 aromatic carbocycles. The summed E-state index contributed by atoms with van der Waals surface area (Å²) in [7, 11) is 0. The molecule has 1 aliphatic heterocycles. The van der Waals surface area contributed by atoms with Gasteiger partial charge in [0.15, 0.2) is 0 Å². The first-order valence-electron chi connectivity index (χ1n) is 8.26. The van der Waals surface area contributed by atoms with E-state index in [1.807, 2.05) is 17.0 Å². The number of benzene rings is 1. The molecule has 1 atom stereocenters. The number of amides is 2. The van der Waals surface area contributed by atoms with Gasteiger partial charge in [0.2, 0.25) is 0 Å². The Morgan fingerprint density at radius 2 is 2.00 bits per heavy atom. The maximum Gasteiger partial charge on any atom is 0.317 e. The van der Waals surface area contributed by atoms with Gasteiger partial charge in [-0.05, 0) is 36.2 Å². The molecule has 0 saturated carbocycles. The number of carbonyl (C=O) groups excluding carboxylic acids is 1. The molecule has 5 nitrogen and oxygen atoms in total. The standard InChI is InChI=1S/C18H22FN3O2/c19-15-5-3-14(4-6-15)16(17-2-1-13-24-17)7-8-21-18(23)22-11-9-20-10-12-22/h1-6,13,16,20H,7-12H2,(H,21,23). The normalized spacial score (nSPS) is 16.0. The van der Waals surface area contributed by atoms with Crippen LogP contribution in [0.2, 0.25) is 0 Å². The minimum absolute atomic E-state index is 0.0103. The van der Waals surface area contributed by atoms with Crippen LogP contribution >= 0.6 is 0 Å². The van der Waals surface area contributed by atoms with Crippen LogP contribution in [0, 0.1) is 5.82 Å². The maximum absolute atomic E-state index is 13.2. The van der Waals surface area contributed by atoms with Crippen LogP contribution in [-0.2, 0) is 0 Å². The largest absolute Gasteiger partial charge is 0.469 e. The number of rotatable bonds is 5. The van der Waals surface area contributed by atoms with Gasteiger partial charge in [0.05, 0.1) is 6.26 Å². The average Bonchev–Trinajstić information content (AvgIpc) is 3.15. The zero-order valence-electron chi connectivity index (χ0n) is 13.5. The van der Waals surface area contributed by atoms with Gasteiger partial charge in [0.25, 0.3) is 0 Å². The number of carbonyl (C=O) groups is 1. The third-order valence-electron chi connectivity index (χ3n) is 4.27. The van der Waals surface area contributed by atoms with Crippen LogP contribution in [-0.4, -0.2) is 43.7 Å². The second-order valence-electron chi connectivity index (χ2n) is 5.88. The molecule has 3 rings (SSSR count). The van der Waals surface area contributed by atoms with Gasteiger partial charge >= 0.3 is 6.03 Å². The lowest BCUT2D eigenvalue weighted by Gasteiger charge is -2.27. The molecule has 128 valence electrons. The van der Waals surface area contributed by atoms with Crippen molar-refractivity contribution < 1.29 is 13.6 Å². The van der Waals surface area contributed by atoms with Crippen molar-refractivity contribution in [2.45, 2.75) is 12.3 Å². The van der Waals surface area contributed by atoms with Gasteiger partial charge in [-0.2, -0.15) is 0 Å². The van der Waals surface area contributed by atoms with Crippen LogP contribution in [0.4, 0.5) is 9.18 Å². The summed E-state index contributed by atoms with van der Waals surface area (Å²) in [6.45, 7) is 3.65. The highest BCUT2D eigenvalue weighted by Gasteiger charge is 2.19. The molecule has 1 fully saturated rings. The fourth-order valence-corrected chi connectivity index (χ4v) is 2.96. The zero-order valence-corrected chi connectivity index (χ0v) is 13.5. The maximum atomic E-state index is 13.2. The summed E-state index contributed by atoms with van der Waals surface area (Å²) in [6.07, 6.45) is 2.32. The molecule has 6 heteroatoms. The molecule has 2 amide bonds. The lowest BCUT2D eigenvalue weighted by Crippen LogP contribution is -2.50. The summed E-state index contributed by atoms with van der Waals surface area (Å²) in [5.74, 6) is 0.547. The van der Waals surface area contributed by atoms with Crippen molar-refractivity contribution in [2.24, 2.45) is 0 Å². The van der Waals surface area contributed by atoms with E-state index >= 15 is 0 Å². The van der Waals surface area contributed by atoms with Gasteiger partial charge in [0.1, 0.15) is 11.6 Å². The van der Waals surface area contributed by atoms with Crippen molar-refractivity contribution in [1.29, 1.82) is 0 Å². The Labute approximate surface area is 140 Å². The molecule has 2 aromatic rings. The molecule has 1 aliphatic rings. The highest BCUT2D eigenvalue weighted by atomic mass is 19.1. The van der Waals surface area contributed by atoms with Gasteiger partial charge in [0, 0.05) is 38.6 Å². The molecule has 0 aliphatic carbocycles. The number of nitrogens with zero attached hydrogens (tertiary/aromatic N) is 1. The van der Waals surface area contributed by atoms with Crippen LogP contribution < -0.4 is 10.6 Å². The Morgan fingerprint density at radius 3 is 2.67 bits per heavy atom. The summed E-state index contributed by atoms with van der Waals surface area (Å²) in [5, 5.41) is 6.19. The third-order valence-corrected chi connectivity index (χ3v) is 4.27. The number of nitrogens with one attached hydrogen (secondary N) is 2. The van der Waals surface area contributed by atoms with Gasteiger partial charge in [-0.1, -0.05) is 12.1 Å². The molecular weight excluding hydrogens is 309 g/mol. The van der Waals surface area contributed by atoms with Crippen molar-refractivity contribution in [3.05, 3.63) is 59.8 Å². The minimum atomic E-state index is -0.260. The molecule has 2 heterocycles. The molecule has 2 N–H and O–H groups in total. The second kappa shape index (κ2) is 7.97. The SMILES string of the molecule is O=C(NCCC(c1ccc(F)cc1)c1ccco1)N1CCNCC1. The van der Waals surface area contributed by atoms with E-state index in [4.69, 9.17) is 4.42 Å². The predicted octanol–water partition coefficient (Wildman–Crippen LogP) is 2.56. The summed E-state index contributed by atoms with van der Waals surface area (Å²) in [4.78, 5) is 14.0. The quantitative estimate of drug-likeness (QED) is 0.885. The number of piperazine rings is 1. The fraction of sp³-hybridized carbons (Fsp3) is 0.389. The van der Waals surface area contributed by atoms with Crippen LogP contribution in [0.5, 0.6) is 0 Å². The van der Waals surface area contributed by atoms with E-state index < -0.39 is 0 Å². The summed E-state index contributed by atoms with van der Waals surface area (Å²) in [6, 6.07) is 10.1. The number of hydrogen-bond acceptors (Lipinski definition) is 3. The van der Waals surface area contributed by atoms with E-state index in [0.717, 1.165) is 37.5 Å². The molecular formula is C18H22FN3O2. The number of urea groups is 1. The number of hydrogen-bond donors (Lipinski definition) is 2. The summed E-state index contributed by atoms with van der Waals surface area (Å²) < 4.78 is 18.7. The van der Waals surface area contributed by atoms with E-state index in [2.05, 4.69) is 10.6 Å². The Morgan fingerprint density at radius 1 is 1.25 bits per heavy atom. The first-order chi connectivity index (χ1) is 11.7. The Bertz CT molecular complexity index is 637. The topological polar surface area (TPSA) is 57.5 Å². The van der Waals surface area contributed by atoms with Crippen molar-refractivity contribution in [3.8, 4) is 0 Å². The Kier molecular flexibility index (Phi) is 5.48. The molecule has 1 aromatic heterocycles. The van der Waals surface area contributed by atoms with Crippen molar-refractivity contribution in [3.63, 3.8) is 0 Å². The number of halogens is 1. The average molecular weight is 331 g/mol. The zero-order chi connectivity index (χ0) is 16.8. The highest BCUT2D eigenvalue weighted by molar-refractivity contribution is 5.74. The highest BCUT2D eigenvalue weighted by Crippen LogP contribution is 2.28. The second-order valence-corrected chi connectivity index (χ2v) is 5.88. The number of furan rings is 1. The van der Waals surface area contributed by atoms with E-state index in [-0.39, 0.29) is 17.8 Å². The lowest BCUT2D eigenvalue weighted by molar-refractivity contribution is 0.190. The van der Waals surface area contributed by atoms with Crippen LogP contribution in [0.15, 0.2) is 47.1 Å². The van der Waals surface area contributed by atoms with Gasteiger partial charge in [-0.15, -0.1) is 0 Å². The van der Waals surface area contributed by atoms with Gasteiger partial charge < -0.3 is 20.0 Å². The molecule has 1 unspecified atom stereocenters. The summed E-state index contributed by atoms with van der Waals surface area (Å²) in [5.41, 5.74) is 0.975. The predicted molar refractivity (Wildman–Crippen MR) is 89.4 cm³/mol. The molecule has 0 spiro atoms. The fourth-order valence-electron chi connectivity index (χ4n) is 2.96. The first-order valence-corrected chi connectivity index (χ1v) is 8.26. The van der Waals surface area contributed by atoms with E-state index in [9.17, 15) is 9.18 Å². The lowest BCUT2D eigenvalue weighted by atomic mass is 9.93. The van der Waals surface area contributed by atoms with Crippen LogP contribution in [0.3, 0.4) is 0 Å². The summed E-state index contributed by atoms with van der Waals surface area (Å²) >= 11 is 0. The van der Waals surface area contributed by atoms with Crippen molar-refractivity contribution in [2.75, 3.05) is 32.7 Å². The Balaban J connectivity index is 1.60. The van der Waals surface area contributed by atoms with Crippen LogP contribution in [0.25, 0.3) is 0 Å². The third kappa shape index (κ3) is 4.14. The monoisotopic (exact) mass is 331 g/mol. The molecule has 0 radical (unpaired) electrons. The van der Waals surface area contributed by atoms with Crippen LogP contribution in [0.1, 0.15) is 23.7 Å². The van der Waals surface area contributed by atoms with E-state index in [1.54, 1.807) is 18.4 Å². The van der Waals surface area contributed by atoms with Gasteiger partial charge in [-0.25, -0.2) is 9.18 Å². The molecule has 1 saturated heterocycles. The van der Waals surface area contributed by atoms with Crippen molar-refractivity contribution >= 4 is 6.03 Å². The first kappa shape index (κ1) is 16.5. The Hall–Kier alpha value is -2.34. The van der Waals surface area contributed by atoms with E-state index in [1.165, 1.54) is 12.1 Å². The van der Waals surface area contributed by atoms with Gasteiger partial charge in [-0.3, -0.25) is 0 Å². The molecule has 24 heavy (non-hydrogen) atoms. The van der Waals surface area contributed by atoms with E-state index in [0.29, 0.717) is 13.0 Å². The minimum Gasteiger partial charge on any atom is -0.469 e. The van der Waals surface area contributed by atoms with Crippen molar-refractivity contribution in [1.82, 2.24) is 15.5 Å².